The predicted molar refractivity (Wildman–Crippen MR) is 139 cm³/mol. The summed E-state index contributed by atoms with van der Waals surface area (Å²) in [4.78, 5) is 32.3. The number of nitrogen functional groups attached to an aromatic ring is 1. The summed E-state index contributed by atoms with van der Waals surface area (Å²) >= 11 is 0. The number of anilines is 1. The average molecular weight is 481 g/mol. The van der Waals surface area contributed by atoms with Gasteiger partial charge in [0.1, 0.15) is 5.82 Å². The zero-order valence-corrected chi connectivity index (χ0v) is 20.1. The smallest absolute Gasteiger partial charge is 0.255 e. The van der Waals surface area contributed by atoms with Crippen molar-refractivity contribution in [1.82, 2.24) is 25.0 Å². The third-order valence-corrected chi connectivity index (χ3v) is 6.48. The number of hydrogen-bond donors (Lipinski definition) is 2. The fourth-order valence-corrected chi connectivity index (χ4v) is 4.55. The van der Waals surface area contributed by atoms with E-state index in [2.05, 4.69) is 15.4 Å². The molecule has 3 heterocycles. The van der Waals surface area contributed by atoms with Crippen molar-refractivity contribution in [3.63, 3.8) is 0 Å². The average Bonchev–Trinajstić information content (AvgIpc) is 3.35. The maximum atomic E-state index is 13.2. The van der Waals surface area contributed by atoms with Gasteiger partial charge in [0.05, 0.1) is 11.8 Å². The van der Waals surface area contributed by atoms with Gasteiger partial charge >= 0.3 is 0 Å². The van der Waals surface area contributed by atoms with E-state index >= 15 is 0 Å². The summed E-state index contributed by atoms with van der Waals surface area (Å²) in [7, 11) is 1.83. The molecule has 0 unspecified atom stereocenters. The number of pyridine rings is 1. The van der Waals surface area contributed by atoms with Crippen molar-refractivity contribution in [3.8, 4) is 22.3 Å². The Morgan fingerprint density at radius 1 is 0.972 bits per heavy atom. The van der Waals surface area contributed by atoms with Crippen LogP contribution in [0.1, 0.15) is 33.6 Å². The minimum atomic E-state index is -0.294. The molecular weight excluding hydrogens is 452 g/mol. The van der Waals surface area contributed by atoms with Gasteiger partial charge in [-0.2, -0.15) is 5.10 Å². The number of hydrogen-bond acceptors (Lipinski definition) is 5. The first-order chi connectivity index (χ1) is 17.5. The number of nitrogens with two attached hydrogens (primary N) is 1. The lowest BCUT2D eigenvalue weighted by Crippen LogP contribution is -2.49. The van der Waals surface area contributed by atoms with Crippen molar-refractivity contribution in [2.75, 3.05) is 18.8 Å². The number of carbonyl (C=O) groups excluding carboxylic acids is 2. The highest BCUT2D eigenvalue weighted by Crippen LogP contribution is 2.23. The van der Waals surface area contributed by atoms with Crippen LogP contribution in [-0.2, 0) is 7.05 Å². The monoisotopic (exact) mass is 480 g/mol. The quantitative estimate of drug-likeness (QED) is 0.452. The molecule has 0 saturated carbocycles. The fourth-order valence-electron chi connectivity index (χ4n) is 4.55. The zero-order chi connectivity index (χ0) is 25.1. The molecule has 8 nitrogen and oxygen atoms in total. The van der Waals surface area contributed by atoms with E-state index in [4.69, 9.17) is 5.73 Å². The number of rotatable bonds is 5. The van der Waals surface area contributed by atoms with E-state index in [1.54, 1.807) is 28.0 Å². The van der Waals surface area contributed by atoms with Gasteiger partial charge in [-0.3, -0.25) is 14.3 Å². The predicted octanol–water partition coefficient (Wildman–Crippen LogP) is 3.77. The molecule has 2 amide bonds. The maximum absolute atomic E-state index is 13.2. The molecule has 1 aliphatic rings. The largest absolute Gasteiger partial charge is 0.383 e. The highest BCUT2D eigenvalue weighted by Gasteiger charge is 2.26. The summed E-state index contributed by atoms with van der Waals surface area (Å²) in [5.41, 5.74) is 10.8. The van der Waals surface area contributed by atoms with E-state index in [0.717, 1.165) is 35.1 Å². The SMILES string of the molecule is Cn1cc(-c2cnc(N)c(C(=O)N[C@@H]3CCCN(C(=O)c4ccc(-c5ccccc5)cc4)C3)c2)cn1. The molecule has 8 heteroatoms. The van der Waals surface area contributed by atoms with Gasteiger partial charge in [0.15, 0.2) is 0 Å². The molecule has 3 N–H and O–H groups in total. The molecule has 0 aliphatic carbocycles. The Bertz CT molecular complexity index is 1380. The Morgan fingerprint density at radius 3 is 2.44 bits per heavy atom. The molecule has 5 rings (SSSR count). The summed E-state index contributed by atoms with van der Waals surface area (Å²) in [6.07, 6.45) is 6.80. The lowest BCUT2D eigenvalue weighted by Gasteiger charge is -2.33. The lowest BCUT2D eigenvalue weighted by molar-refractivity contribution is 0.0676. The first kappa shape index (κ1) is 23.3. The van der Waals surface area contributed by atoms with Gasteiger partial charge in [0, 0.05) is 55.3 Å². The third kappa shape index (κ3) is 4.98. The minimum Gasteiger partial charge on any atom is -0.383 e. The molecule has 4 aromatic rings. The summed E-state index contributed by atoms with van der Waals surface area (Å²) in [6, 6.07) is 19.3. The molecule has 2 aromatic heterocycles. The van der Waals surface area contributed by atoms with Crippen LogP contribution in [-0.4, -0.2) is 50.6 Å². The molecule has 0 bridgehead atoms. The van der Waals surface area contributed by atoms with Crippen molar-refractivity contribution in [2.45, 2.75) is 18.9 Å². The first-order valence-electron chi connectivity index (χ1n) is 12.0. The first-order valence-corrected chi connectivity index (χ1v) is 12.0. The molecule has 2 aromatic carbocycles. The van der Waals surface area contributed by atoms with Crippen LogP contribution in [0.25, 0.3) is 22.3 Å². The van der Waals surface area contributed by atoms with Crippen molar-refractivity contribution in [2.24, 2.45) is 7.05 Å². The second kappa shape index (κ2) is 10.0. The van der Waals surface area contributed by atoms with E-state index in [1.165, 1.54) is 0 Å². The molecule has 1 aliphatic heterocycles. The van der Waals surface area contributed by atoms with Gasteiger partial charge in [0.2, 0.25) is 0 Å². The Labute approximate surface area is 209 Å². The number of aromatic nitrogens is 3. The summed E-state index contributed by atoms with van der Waals surface area (Å²) in [6.45, 7) is 1.10. The number of aryl methyl sites for hydroxylation is 1. The fraction of sp³-hybridized carbons (Fsp3) is 0.214. The summed E-state index contributed by atoms with van der Waals surface area (Å²) < 4.78 is 1.69. The molecule has 0 radical (unpaired) electrons. The highest BCUT2D eigenvalue weighted by atomic mass is 16.2. The van der Waals surface area contributed by atoms with Crippen LogP contribution in [0.4, 0.5) is 5.82 Å². The molecule has 36 heavy (non-hydrogen) atoms. The van der Waals surface area contributed by atoms with Crippen LogP contribution in [0.15, 0.2) is 79.3 Å². The molecule has 1 fully saturated rings. The second-order valence-corrected chi connectivity index (χ2v) is 9.07. The zero-order valence-electron chi connectivity index (χ0n) is 20.1. The number of benzene rings is 2. The molecule has 182 valence electrons. The van der Waals surface area contributed by atoms with E-state index < -0.39 is 0 Å². The minimum absolute atomic E-state index is 0.0340. The van der Waals surface area contributed by atoms with Gasteiger partial charge in [0.25, 0.3) is 11.8 Å². The van der Waals surface area contributed by atoms with Gasteiger partial charge in [-0.1, -0.05) is 42.5 Å². The van der Waals surface area contributed by atoms with Crippen molar-refractivity contribution in [3.05, 3.63) is 90.4 Å². The van der Waals surface area contributed by atoms with Crippen LogP contribution in [0, 0.1) is 0 Å². The van der Waals surface area contributed by atoms with Gasteiger partial charge < -0.3 is 16.0 Å². The summed E-state index contributed by atoms with van der Waals surface area (Å²) in [5, 5.41) is 7.23. The van der Waals surface area contributed by atoms with Crippen LogP contribution >= 0.6 is 0 Å². The van der Waals surface area contributed by atoms with Gasteiger partial charge in [-0.25, -0.2) is 4.98 Å². The number of carbonyl (C=O) groups is 2. The van der Waals surface area contributed by atoms with E-state index in [0.29, 0.717) is 24.2 Å². The van der Waals surface area contributed by atoms with Gasteiger partial charge in [-0.15, -0.1) is 0 Å². The Hall–Kier alpha value is -4.46. The molecule has 0 spiro atoms. The van der Waals surface area contributed by atoms with Crippen molar-refractivity contribution in [1.29, 1.82) is 0 Å². The van der Waals surface area contributed by atoms with Crippen LogP contribution in [0.5, 0.6) is 0 Å². The van der Waals surface area contributed by atoms with Crippen LogP contribution in [0.2, 0.25) is 0 Å². The molecule has 1 atom stereocenters. The van der Waals surface area contributed by atoms with Crippen molar-refractivity contribution >= 4 is 17.6 Å². The van der Waals surface area contributed by atoms with E-state index in [1.807, 2.05) is 67.8 Å². The number of amides is 2. The van der Waals surface area contributed by atoms with Crippen molar-refractivity contribution < 1.29 is 9.59 Å². The Balaban J connectivity index is 1.25. The molecular formula is C28H28N6O2. The Morgan fingerprint density at radius 2 is 1.72 bits per heavy atom. The maximum Gasteiger partial charge on any atom is 0.255 e. The highest BCUT2D eigenvalue weighted by molar-refractivity contribution is 5.99. The number of likely N-dealkylation sites (tertiary alicyclic amines) is 1. The summed E-state index contributed by atoms with van der Waals surface area (Å²) in [5.74, 6) is -0.159. The third-order valence-electron chi connectivity index (χ3n) is 6.48. The number of nitrogens with zero attached hydrogens (tertiary/aromatic N) is 4. The van der Waals surface area contributed by atoms with Gasteiger partial charge in [-0.05, 0) is 42.2 Å². The lowest BCUT2D eigenvalue weighted by atomic mass is 10.0. The second-order valence-electron chi connectivity index (χ2n) is 9.07. The van der Waals surface area contributed by atoms with Crippen LogP contribution in [0.3, 0.4) is 0 Å². The normalized spacial score (nSPS) is 15.5. The van der Waals surface area contributed by atoms with E-state index in [9.17, 15) is 9.59 Å². The standard InChI is InChI=1S/C28H28N6O2/c1-33-17-23(16-31-33)22-14-25(26(29)30-15-22)27(35)32-24-8-5-13-34(18-24)28(36)21-11-9-20(10-12-21)19-6-3-2-4-7-19/h2-4,6-7,9-12,14-17,24H,5,8,13,18H2,1H3,(H2,29,30)(H,32,35)/t24-/m1/s1. The van der Waals surface area contributed by atoms with Crippen LogP contribution < -0.4 is 11.1 Å². The number of piperidine rings is 1. The number of nitrogens with one attached hydrogen (secondary N) is 1. The van der Waals surface area contributed by atoms with E-state index in [-0.39, 0.29) is 23.7 Å². The topological polar surface area (TPSA) is 106 Å². The molecule has 1 saturated heterocycles. The Kier molecular flexibility index (Phi) is 6.49.